The Bertz CT molecular complexity index is 426. The molecule has 0 radical (unpaired) electrons. The van der Waals surface area contributed by atoms with Gasteiger partial charge in [-0.1, -0.05) is 0 Å². The first-order valence-corrected chi connectivity index (χ1v) is 3.95. The second-order valence-corrected chi connectivity index (χ2v) is 2.77. The minimum Gasteiger partial charge on any atom is -0.494 e. The maximum Gasteiger partial charge on any atom is 0.255 e. The molecule has 0 aliphatic carbocycles. The molecule has 0 amide bonds. The fourth-order valence-corrected chi connectivity index (χ4v) is 1.09. The van der Waals surface area contributed by atoms with Crippen LogP contribution < -0.4 is 4.74 Å². The molecule has 72 valence electrons. The third-order valence-electron chi connectivity index (χ3n) is 1.60. The highest BCUT2D eigenvalue weighted by atomic mass is 35.5. The Morgan fingerprint density at radius 3 is 2.71 bits per heavy atom. The Kier molecular flexibility index (Phi) is 3.05. The van der Waals surface area contributed by atoms with Crippen molar-refractivity contribution in [2.24, 2.45) is 0 Å². The normalized spacial score (nSPS) is 9.29. The van der Waals surface area contributed by atoms with E-state index in [9.17, 15) is 9.18 Å². The lowest BCUT2D eigenvalue weighted by atomic mass is 10.1. The van der Waals surface area contributed by atoms with E-state index in [1.165, 1.54) is 13.2 Å². The van der Waals surface area contributed by atoms with E-state index in [2.05, 4.69) is 4.74 Å². The molecule has 1 aromatic carbocycles. The van der Waals surface area contributed by atoms with Crippen LogP contribution in [-0.4, -0.2) is 12.4 Å². The molecule has 14 heavy (non-hydrogen) atoms. The first-order chi connectivity index (χ1) is 6.60. The zero-order chi connectivity index (χ0) is 10.7. The molecule has 1 aromatic rings. The van der Waals surface area contributed by atoms with E-state index in [1.54, 1.807) is 6.07 Å². The number of benzene rings is 1. The van der Waals surface area contributed by atoms with Gasteiger partial charge in [-0.15, -0.1) is 0 Å². The lowest BCUT2D eigenvalue weighted by molar-refractivity contribution is 0.107. The number of ether oxygens (including phenoxy) is 1. The van der Waals surface area contributed by atoms with Crippen molar-refractivity contribution < 1.29 is 13.9 Å². The molecule has 0 aliphatic heterocycles. The predicted molar refractivity (Wildman–Crippen MR) is 47.9 cm³/mol. The van der Waals surface area contributed by atoms with Crippen molar-refractivity contribution in [2.45, 2.75) is 0 Å². The van der Waals surface area contributed by atoms with E-state index in [-0.39, 0.29) is 16.9 Å². The summed E-state index contributed by atoms with van der Waals surface area (Å²) in [5.74, 6) is -1.03. The SMILES string of the molecule is COc1cc(C#N)cc(C(=O)Cl)c1F. The molecule has 1 rings (SSSR count). The Labute approximate surface area is 84.7 Å². The van der Waals surface area contributed by atoms with Crippen LogP contribution in [0.15, 0.2) is 12.1 Å². The standard InChI is InChI=1S/C9H5ClFNO2/c1-14-7-3-5(4-12)2-6(8(7)11)9(10)13/h2-3H,1H3. The predicted octanol–water partition coefficient (Wildman–Crippen LogP) is 2.08. The highest BCUT2D eigenvalue weighted by Crippen LogP contribution is 2.23. The number of nitriles is 1. The number of hydrogen-bond acceptors (Lipinski definition) is 3. The monoisotopic (exact) mass is 213 g/mol. The molecule has 0 saturated carbocycles. The Hall–Kier alpha value is -1.60. The van der Waals surface area contributed by atoms with Gasteiger partial charge in [0.2, 0.25) is 0 Å². The summed E-state index contributed by atoms with van der Waals surface area (Å²) >= 11 is 5.12. The lowest BCUT2D eigenvalue weighted by Crippen LogP contribution is -1.99. The summed E-state index contributed by atoms with van der Waals surface area (Å²) in [5.41, 5.74) is -0.241. The van der Waals surface area contributed by atoms with Crippen LogP contribution in [0.5, 0.6) is 5.75 Å². The molecule has 3 nitrogen and oxygen atoms in total. The summed E-state index contributed by atoms with van der Waals surface area (Å²) < 4.78 is 17.9. The van der Waals surface area contributed by atoms with Crippen molar-refractivity contribution in [3.05, 3.63) is 29.1 Å². The van der Waals surface area contributed by atoms with Crippen LogP contribution in [0.1, 0.15) is 15.9 Å². The van der Waals surface area contributed by atoms with E-state index in [0.717, 1.165) is 6.07 Å². The van der Waals surface area contributed by atoms with Crippen molar-refractivity contribution in [3.63, 3.8) is 0 Å². The van der Waals surface area contributed by atoms with Crippen LogP contribution in [0.2, 0.25) is 0 Å². The molecule has 5 heteroatoms. The number of nitrogens with zero attached hydrogens (tertiary/aromatic N) is 1. The average Bonchev–Trinajstić information content (AvgIpc) is 2.17. The molecule has 0 spiro atoms. The zero-order valence-electron chi connectivity index (χ0n) is 7.17. The number of hydrogen-bond donors (Lipinski definition) is 0. The van der Waals surface area contributed by atoms with Gasteiger partial charge in [0.05, 0.1) is 24.3 Å². The van der Waals surface area contributed by atoms with Crippen LogP contribution >= 0.6 is 11.6 Å². The van der Waals surface area contributed by atoms with Gasteiger partial charge < -0.3 is 4.74 Å². The molecule has 0 aliphatic rings. The molecule has 0 aromatic heterocycles. The molecular formula is C9H5ClFNO2. The number of rotatable bonds is 2. The van der Waals surface area contributed by atoms with E-state index < -0.39 is 11.1 Å². The van der Waals surface area contributed by atoms with E-state index in [1.807, 2.05) is 0 Å². The fourth-order valence-electron chi connectivity index (χ4n) is 0.954. The third kappa shape index (κ3) is 1.83. The fraction of sp³-hybridized carbons (Fsp3) is 0.111. The maximum atomic E-state index is 13.3. The Balaban J connectivity index is 3.44. The quantitative estimate of drug-likeness (QED) is 0.707. The van der Waals surface area contributed by atoms with E-state index in [4.69, 9.17) is 16.9 Å². The van der Waals surface area contributed by atoms with Gasteiger partial charge in [-0.25, -0.2) is 4.39 Å². The molecule has 0 heterocycles. The molecule has 0 bridgehead atoms. The molecule has 0 N–H and O–H groups in total. The number of carbonyl (C=O) groups is 1. The summed E-state index contributed by atoms with van der Waals surface area (Å²) in [7, 11) is 1.24. The summed E-state index contributed by atoms with van der Waals surface area (Å²) in [6, 6.07) is 4.04. The van der Waals surface area contributed by atoms with Crippen LogP contribution in [0.3, 0.4) is 0 Å². The van der Waals surface area contributed by atoms with E-state index in [0.29, 0.717) is 0 Å². The van der Waals surface area contributed by atoms with Gasteiger partial charge in [-0.3, -0.25) is 4.79 Å². The first-order valence-electron chi connectivity index (χ1n) is 3.57. The largest absolute Gasteiger partial charge is 0.494 e. The van der Waals surface area contributed by atoms with Crippen molar-refractivity contribution in [1.82, 2.24) is 0 Å². The van der Waals surface area contributed by atoms with Crippen LogP contribution in [0, 0.1) is 17.1 Å². The van der Waals surface area contributed by atoms with Crippen LogP contribution in [0.4, 0.5) is 4.39 Å². The summed E-state index contributed by atoms with van der Waals surface area (Å²) in [6.45, 7) is 0. The highest BCUT2D eigenvalue weighted by Gasteiger charge is 2.15. The molecule has 0 atom stereocenters. The van der Waals surface area contributed by atoms with Gasteiger partial charge in [-0.05, 0) is 17.7 Å². The second-order valence-electron chi connectivity index (χ2n) is 2.43. The second kappa shape index (κ2) is 4.07. The van der Waals surface area contributed by atoms with Gasteiger partial charge >= 0.3 is 0 Å². The first kappa shape index (κ1) is 10.5. The smallest absolute Gasteiger partial charge is 0.255 e. The van der Waals surface area contributed by atoms with Gasteiger partial charge in [0.1, 0.15) is 0 Å². The summed E-state index contributed by atoms with van der Waals surface area (Å²) in [6.07, 6.45) is 0. The Morgan fingerprint density at radius 2 is 2.29 bits per heavy atom. The van der Waals surface area contributed by atoms with Gasteiger partial charge in [0, 0.05) is 6.07 Å². The average molecular weight is 214 g/mol. The van der Waals surface area contributed by atoms with Crippen molar-refractivity contribution >= 4 is 16.8 Å². The highest BCUT2D eigenvalue weighted by molar-refractivity contribution is 6.67. The summed E-state index contributed by atoms with van der Waals surface area (Å²) in [5, 5.41) is 7.61. The maximum absolute atomic E-state index is 13.3. The number of methoxy groups -OCH3 is 1. The minimum absolute atomic E-state index is 0.118. The van der Waals surface area contributed by atoms with Crippen molar-refractivity contribution in [3.8, 4) is 11.8 Å². The Morgan fingerprint density at radius 1 is 1.64 bits per heavy atom. The van der Waals surface area contributed by atoms with Gasteiger partial charge in [0.25, 0.3) is 5.24 Å². The molecule has 0 saturated heterocycles. The lowest BCUT2D eigenvalue weighted by Gasteiger charge is -2.04. The minimum atomic E-state index is -0.960. The van der Waals surface area contributed by atoms with Crippen LogP contribution in [-0.2, 0) is 0 Å². The van der Waals surface area contributed by atoms with Gasteiger partial charge in [0.15, 0.2) is 11.6 Å². The van der Waals surface area contributed by atoms with Crippen molar-refractivity contribution in [2.75, 3.05) is 7.11 Å². The van der Waals surface area contributed by atoms with Crippen LogP contribution in [0.25, 0.3) is 0 Å². The van der Waals surface area contributed by atoms with Crippen molar-refractivity contribution in [1.29, 1.82) is 5.26 Å². The number of carbonyl (C=O) groups excluding carboxylic acids is 1. The van der Waals surface area contributed by atoms with E-state index >= 15 is 0 Å². The summed E-state index contributed by atoms with van der Waals surface area (Å²) in [4.78, 5) is 10.8. The number of halogens is 2. The molecule has 0 fully saturated rings. The molecule has 0 unspecified atom stereocenters. The van der Waals surface area contributed by atoms with Gasteiger partial charge in [-0.2, -0.15) is 5.26 Å². The third-order valence-corrected chi connectivity index (χ3v) is 1.80. The topological polar surface area (TPSA) is 50.1 Å². The molecular weight excluding hydrogens is 209 g/mol. The zero-order valence-corrected chi connectivity index (χ0v) is 7.93.